The van der Waals surface area contributed by atoms with Gasteiger partial charge in [-0.1, -0.05) is 43.8 Å². The molecular weight excluding hydrogens is 312 g/mol. The average molecular weight is 344 g/mol. The molecule has 0 N–H and O–H groups in total. The minimum absolute atomic E-state index is 0.0586. The highest BCUT2D eigenvalue weighted by atomic mass is 16.5. The molecule has 0 aromatic heterocycles. The van der Waals surface area contributed by atoms with Gasteiger partial charge >= 0.3 is 0 Å². The van der Waals surface area contributed by atoms with E-state index in [2.05, 4.69) is 55.7 Å². The summed E-state index contributed by atoms with van der Waals surface area (Å²) in [6.07, 6.45) is 3.12. The van der Waals surface area contributed by atoms with Crippen LogP contribution in [0.15, 0.2) is 42.7 Å². The number of hydrogen-bond donors (Lipinski definition) is 0. The molecule has 0 bridgehead atoms. The zero-order valence-corrected chi connectivity index (χ0v) is 15.9. The Bertz CT molecular complexity index is 558. The van der Waals surface area contributed by atoms with E-state index in [0.717, 1.165) is 38.9 Å². The lowest BCUT2D eigenvalue weighted by Crippen LogP contribution is -2.59. The van der Waals surface area contributed by atoms with E-state index in [0.29, 0.717) is 12.6 Å². The van der Waals surface area contributed by atoms with Crippen molar-refractivity contribution in [3.63, 3.8) is 0 Å². The standard InChI is InChI=1S/C21H32N2O2/c1-5-16-25-19(4)21(24)23-15-14-22(17(2)18(23)3)13-9-12-20-10-7-6-8-11-20/h6-8,10-11,17-18H,4-5,9,12-16H2,1-3H3. The molecule has 1 heterocycles. The van der Waals surface area contributed by atoms with Gasteiger partial charge in [0.1, 0.15) is 0 Å². The summed E-state index contributed by atoms with van der Waals surface area (Å²) in [4.78, 5) is 17.0. The summed E-state index contributed by atoms with van der Waals surface area (Å²) in [5.41, 5.74) is 1.39. The van der Waals surface area contributed by atoms with Crippen LogP contribution in [0.5, 0.6) is 0 Å². The van der Waals surface area contributed by atoms with Crippen LogP contribution in [0, 0.1) is 0 Å². The van der Waals surface area contributed by atoms with Crippen molar-refractivity contribution in [3.05, 3.63) is 48.2 Å². The van der Waals surface area contributed by atoms with Crippen LogP contribution in [0.3, 0.4) is 0 Å². The molecule has 0 saturated carbocycles. The summed E-state index contributed by atoms with van der Waals surface area (Å²) in [5.74, 6) is 0.218. The summed E-state index contributed by atoms with van der Waals surface area (Å²) in [6.45, 7) is 13.4. The second-order valence-electron chi connectivity index (χ2n) is 6.88. The Morgan fingerprint density at radius 3 is 2.60 bits per heavy atom. The number of benzene rings is 1. The quantitative estimate of drug-likeness (QED) is 0.535. The molecule has 1 aromatic carbocycles. The van der Waals surface area contributed by atoms with E-state index in [1.807, 2.05) is 11.8 Å². The van der Waals surface area contributed by atoms with Crippen LogP contribution < -0.4 is 0 Å². The zero-order valence-electron chi connectivity index (χ0n) is 15.9. The predicted octanol–water partition coefficient (Wildman–Crippen LogP) is 3.48. The van der Waals surface area contributed by atoms with Gasteiger partial charge in [0, 0.05) is 25.2 Å². The Morgan fingerprint density at radius 1 is 1.20 bits per heavy atom. The second-order valence-corrected chi connectivity index (χ2v) is 6.88. The summed E-state index contributed by atoms with van der Waals surface area (Å²) < 4.78 is 5.43. The molecule has 1 fully saturated rings. The Hall–Kier alpha value is -1.81. The van der Waals surface area contributed by atoms with Crippen molar-refractivity contribution in [3.8, 4) is 0 Å². The van der Waals surface area contributed by atoms with Crippen LogP contribution in [0.25, 0.3) is 0 Å². The Balaban J connectivity index is 1.82. The first kappa shape index (κ1) is 19.5. The largest absolute Gasteiger partial charge is 0.488 e. The maximum absolute atomic E-state index is 12.5. The fourth-order valence-electron chi connectivity index (χ4n) is 3.39. The maximum Gasteiger partial charge on any atom is 0.288 e. The Kier molecular flexibility index (Phi) is 7.51. The van der Waals surface area contributed by atoms with Crippen LogP contribution in [0.4, 0.5) is 0 Å². The SMILES string of the molecule is C=C(OCCC)C(=O)N1CCN(CCCc2ccccc2)C(C)C1C. The molecule has 25 heavy (non-hydrogen) atoms. The topological polar surface area (TPSA) is 32.8 Å². The molecule has 2 unspecified atom stereocenters. The van der Waals surface area contributed by atoms with E-state index < -0.39 is 0 Å². The van der Waals surface area contributed by atoms with Crippen molar-refractivity contribution in [1.82, 2.24) is 9.80 Å². The van der Waals surface area contributed by atoms with E-state index in [9.17, 15) is 4.79 Å². The van der Waals surface area contributed by atoms with Crippen LogP contribution in [-0.4, -0.2) is 54.0 Å². The fraction of sp³-hybridized carbons (Fsp3) is 0.571. The van der Waals surface area contributed by atoms with Crippen molar-refractivity contribution >= 4 is 5.91 Å². The van der Waals surface area contributed by atoms with Gasteiger partial charge in [-0.05, 0) is 45.2 Å². The van der Waals surface area contributed by atoms with Gasteiger partial charge in [-0.15, -0.1) is 0 Å². The third-order valence-corrected chi connectivity index (χ3v) is 5.13. The average Bonchev–Trinajstić information content (AvgIpc) is 2.63. The van der Waals surface area contributed by atoms with Gasteiger partial charge in [-0.25, -0.2) is 0 Å². The number of ether oxygens (including phenoxy) is 1. The summed E-state index contributed by atoms with van der Waals surface area (Å²) >= 11 is 0. The van der Waals surface area contributed by atoms with Gasteiger partial charge < -0.3 is 9.64 Å². The van der Waals surface area contributed by atoms with Crippen LogP contribution in [0.2, 0.25) is 0 Å². The van der Waals surface area contributed by atoms with Crippen LogP contribution in [-0.2, 0) is 16.0 Å². The smallest absolute Gasteiger partial charge is 0.288 e. The summed E-state index contributed by atoms with van der Waals surface area (Å²) in [6, 6.07) is 11.1. The first-order valence-electron chi connectivity index (χ1n) is 9.45. The molecule has 0 spiro atoms. The zero-order chi connectivity index (χ0) is 18.2. The maximum atomic E-state index is 12.5. The molecule has 2 atom stereocenters. The molecule has 138 valence electrons. The molecule has 2 rings (SSSR count). The van der Waals surface area contributed by atoms with Crippen molar-refractivity contribution < 1.29 is 9.53 Å². The van der Waals surface area contributed by atoms with Gasteiger partial charge in [0.2, 0.25) is 0 Å². The number of nitrogens with zero attached hydrogens (tertiary/aromatic N) is 2. The number of carbonyl (C=O) groups excluding carboxylic acids is 1. The van der Waals surface area contributed by atoms with Crippen LogP contribution in [0.1, 0.15) is 39.2 Å². The third-order valence-electron chi connectivity index (χ3n) is 5.13. The Labute approximate surface area is 152 Å². The lowest BCUT2D eigenvalue weighted by atomic mass is 10.0. The minimum atomic E-state index is -0.0586. The van der Waals surface area contributed by atoms with Gasteiger partial charge in [0.25, 0.3) is 5.91 Å². The molecule has 4 nitrogen and oxygen atoms in total. The molecule has 1 aliphatic heterocycles. The molecule has 4 heteroatoms. The highest BCUT2D eigenvalue weighted by molar-refractivity contribution is 5.91. The van der Waals surface area contributed by atoms with Crippen molar-refractivity contribution in [2.75, 3.05) is 26.2 Å². The van der Waals surface area contributed by atoms with E-state index in [1.54, 1.807) is 0 Å². The Morgan fingerprint density at radius 2 is 1.92 bits per heavy atom. The lowest BCUT2D eigenvalue weighted by Gasteiger charge is -2.45. The lowest BCUT2D eigenvalue weighted by molar-refractivity contribution is -0.137. The van der Waals surface area contributed by atoms with E-state index in [4.69, 9.17) is 4.74 Å². The summed E-state index contributed by atoms with van der Waals surface area (Å²) in [5, 5.41) is 0. The molecule has 1 amide bonds. The highest BCUT2D eigenvalue weighted by Crippen LogP contribution is 2.20. The van der Waals surface area contributed by atoms with Crippen LogP contribution >= 0.6 is 0 Å². The predicted molar refractivity (Wildman–Crippen MR) is 102 cm³/mol. The van der Waals surface area contributed by atoms with E-state index in [-0.39, 0.29) is 17.7 Å². The highest BCUT2D eigenvalue weighted by Gasteiger charge is 2.34. The van der Waals surface area contributed by atoms with Gasteiger partial charge in [0.05, 0.1) is 6.61 Å². The monoisotopic (exact) mass is 344 g/mol. The fourth-order valence-corrected chi connectivity index (χ4v) is 3.39. The number of carbonyl (C=O) groups is 1. The number of amides is 1. The van der Waals surface area contributed by atoms with Crippen molar-refractivity contribution in [2.45, 2.75) is 52.1 Å². The molecule has 0 aliphatic carbocycles. The third kappa shape index (κ3) is 5.33. The molecular formula is C21H32N2O2. The normalized spacial score (nSPS) is 21.2. The van der Waals surface area contributed by atoms with Gasteiger partial charge in [-0.3, -0.25) is 9.69 Å². The molecule has 1 saturated heterocycles. The van der Waals surface area contributed by atoms with Gasteiger partial charge in [0.15, 0.2) is 5.76 Å². The minimum Gasteiger partial charge on any atom is -0.488 e. The number of hydrogen-bond acceptors (Lipinski definition) is 3. The van der Waals surface area contributed by atoms with Gasteiger partial charge in [-0.2, -0.15) is 0 Å². The number of rotatable bonds is 8. The van der Waals surface area contributed by atoms with E-state index >= 15 is 0 Å². The van der Waals surface area contributed by atoms with E-state index in [1.165, 1.54) is 5.56 Å². The number of piperazine rings is 1. The molecule has 1 aromatic rings. The summed E-state index contributed by atoms with van der Waals surface area (Å²) in [7, 11) is 0. The first-order chi connectivity index (χ1) is 12.0. The second kappa shape index (κ2) is 9.62. The van der Waals surface area contributed by atoms with Crippen molar-refractivity contribution in [2.24, 2.45) is 0 Å². The van der Waals surface area contributed by atoms with Crippen molar-refractivity contribution in [1.29, 1.82) is 0 Å². The molecule has 0 radical (unpaired) electrons. The number of aryl methyl sites for hydroxylation is 1. The molecule has 1 aliphatic rings. The first-order valence-corrected chi connectivity index (χ1v) is 9.45.